The van der Waals surface area contributed by atoms with E-state index in [1.807, 2.05) is 18.2 Å². The van der Waals surface area contributed by atoms with Crippen molar-refractivity contribution in [2.75, 3.05) is 31.8 Å². The molecule has 2 aromatic rings. The smallest absolute Gasteiger partial charge is 0.223 e. The first-order chi connectivity index (χ1) is 11.0. The summed E-state index contributed by atoms with van der Waals surface area (Å²) in [6.45, 7) is 2.89. The number of hydrogen-bond acceptors (Lipinski definition) is 6. The van der Waals surface area contributed by atoms with E-state index < -0.39 is 0 Å². The van der Waals surface area contributed by atoms with E-state index in [0.717, 1.165) is 24.5 Å². The van der Waals surface area contributed by atoms with Gasteiger partial charge in [0.1, 0.15) is 11.0 Å². The molecule has 0 radical (unpaired) electrons. The van der Waals surface area contributed by atoms with Gasteiger partial charge in [-0.15, -0.1) is 0 Å². The van der Waals surface area contributed by atoms with Gasteiger partial charge in [0.25, 0.3) is 0 Å². The second-order valence-electron chi connectivity index (χ2n) is 5.31. The Morgan fingerprint density at radius 1 is 1.17 bits per heavy atom. The van der Waals surface area contributed by atoms with Gasteiger partial charge < -0.3 is 20.5 Å². The van der Waals surface area contributed by atoms with Gasteiger partial charge in [0.15, 0.2) is 11.5 Å². The van der Waals surface area contributed by atoms with Crippen LogP contribution in [0.5, 0.6) is 11.5 Å². The molecule has 0 aliphatic rings. The van der Waals surface area contributed by atoms with E-state index in [1.165, 1.54) is 5.56 Å². The number of ether oxygens (including phenoxy) is 2. The largest absolute Gasteiger partial charge is 0.493 e. The van der Waals surface area contributed by atoms with E-state index in [2.05, 4.69) is 22.2 Å². The lowest BCUT2D eigenvalue weighted by Crippen LogP contribution is -2.15. The van der Waals surface area contributed by atoms with Crippen LogP contribution in [0.25, 0.3) is 0 Å². The van der Waals surface area contributed by atoms with Crippen molar-refractivity contribution >= 4 is 23.4 Å². The number of aromatic nitrogens is 2. The number of nitrogens with two attached hydrogens (primary N) is 1. The molecule has 0 spiro atoms. The summed E-state index contributed by atoms with van der Waals surface area (Å²) in [6, 6.07) is 7.60. The molecule has 1 heterocycles. The first-order valence-electron chi connectivity index (χ1n) is 7.26. The van der Waals surface area contributed by atoms with Gasteiger partial charge in [0, 0.05) is 12.6 Å². The molecule has 1 atom stereocenters. The fourth-order valence-electron chi connectivity index (χ4n) is 2.29. The van der Waals surface area contributed by atoms with E-state index in [1.54, 1.807) is 20.3 Å². The maximum atomic E-state index is 5.86. The zero-order valence-electron chi connectivity index (χ0n) is 13.5. The van der Waals surface area contributed by atoms with Gasteiger partial charge in [0.2, 0.25) is 5.95 Å². The molecule has 7 heteroatoms. The van der Waals surface area contributed by atoms with Crippen molar-refractivity contribution in [1.82, 2.24) is 9.97 Å². The lowest BCUT2D eigenvalue weighted by molar-refractivity contribution is 0.354. The minimum atomic E-state index is 0.160. The van der Waals surface area contributed by atoms with Crippen LogP contribution in [0.2, 0.25) is 5.15 Å². The van der Waals surface area contributed by atoms with Crippen molar-refractivity contribution in [2.24, 2.45) is 5.92 Å². The van der Waals surface area contributed by atoms with Crippen molar-refractivity contribution in [1.29, 1.82) is 0 Å². The minimum absolute atomic E-state index is 0.160. The summed E-state index contributed by atoms with van der Waals surface area (Å²) in [5, 5.41) is 3.55. The Bertz CT molecular complexity index is 646. The Morgan fingerprint density at radius 2 is 1.91 bits per heavy atom. The SMILES string of the molecule is COc1ccc(CC(C)CNc2cc(Cl)nc(N)n2)cc1OC. The zero-order valence-corrected chi connectivity index (χ0v) is 14.2. The summed E-state index contributed by atoms with van der Waals surface area (Å²) < 4.78 is 10.6. The van der Waals surface area contributed by atoms with Crippen LogP contribution in [-0.4, -0.2) is 30.7 Å². The molecule has 6 nitrogen and oxygen atoms in total. The first kappa shape index (κ1) is 17.1. The molecule has 0 saturated carbocycles. The lowest BCUT2D eigenvalue weighted by atomic mass is 10.0. The number of rotatable bonds is 7. The number of halogens is 1. The number of anilines is 2. The number of hydrogen-bond donors (Lipinski definition) is 2. The van der Waals surface area contributed by atoms with Crippen molar-refractivity contribution in [3.05, 3.63) is 35.0 Å². The molecule has 0 amide bonds. The van der Waals surface area contributed by atoms with Crippen LogP contribution in [0.3, 0.4) is 0 Å². The normalized spacial score (nSPS) is 11.8. The molecule has 23 heavy (non-hydrogen) atoms. The predicted molar refractivity (Wildman–Crippen MR) is 92.4 cm³/mol. The highest BCUT2D eigenvalue weighted by molar-refractivity contribution is 6.29. The minimum Gasteiger partial charge on any atom is -0.493 e. The fourth-order valence-corrected chi connectivity index (χ4v) is 2.48. The van der Waals surface area contributed by atoms with Crippen LogP contribution in [0.1, 0.15) is 12.5 Å². The molecular formula is C16H21ClN4O2. The van der Waals surface area contributed by atoms with Crippen LogP contribution in [0.4, 0.5) is 11.8 Å². The quantitative estimate of drug-likeness (QED) is 0.756. The Balaban J connectivity index is 1.95. The Kier molecular flexibility index (Phi) is 5.87. The second-order valence-corrected chi connectivity index (χ2v) is 5.70. The average Bonchev–Trinajstić information content (AvgIpc) is 2.52. The molecule has 2 rings (SSSR count). The molecule has 0 bridgehead atoms. The predicted octanol–water partition coefficient (Wildman–Crippen LogP) is 3.02. The summed E-state index contributed by atoms with van der Waals surface area (Å²) in [7, 11) is 3.26. The van der Waals surface area contributed by atoms with Crippen molar-refractivity contribution in [3.8, 4) is 11.5 Å². The topological polar surface area (TPSA) is 82.3 Å². The molecule has 0 aliphatic heterocycles. The van der Waals surface area contributed by atoms with Crippen LogP contribution in [-0.2, 0) is 6.42 Å². The van der Waals surface area contributed by atoms with Crippen LogP contribution in [0.15, 0.2) is 24.3 Å². The van der Waals surface area contributed by atoms with E-state index in [-0.39, 0.29) is 5.95 Å². The molecule has 1 aromatic carbocycles. The van der Waals surface area contributed by atoms with Gasteiger partial charge in [-0.25, -0.2) is 4.98 Å². The molecule has 0 saturated heterocycles. The Morgan fingerprint density at radius 3 is 2.57 bits per heavy atom. The first-order valence-corrected chi connectivity index (χ1v) is 7.64. The van der Waals surface area contributed by atoms with Gasteiger partial charge in [-0.1, -0.05) is 24.6 Å². The van der Waals surface area contributed by atoms with Crippen molar-refractivity contribution in [3.63, 3.8) is 0 Å². The highest BCUT2D eigenvalue weighted by Gasteiger charge is 2.09. The average molecular weight is 337 g/mol. The van der Waals surface area contributed by atoms with E-state index >= 15 is 0 Å². The zero-order chi connectivity index (χ0) is 16.8. The molecule has 124 valence electrons. The second kappa shape index (κ2) is 7.87. The third-order valence-electron chi connectivity index (χ3n) is 3.38. The monoisotopic (exact) mass is 336 g/mol. The maximum absolute atomic E-state index is 5.86. The van der Waals surface area contributed by atoms with E-state index in [0.29, 0.717) is 16.9 Å². The van der Waals surface area contributed by atoms with E-state index in [9.17, 15) is 0 Å². The van der Waals surface area contributed by atoms with Crippen molar-refractivity contribution in [2.45, 2.75) is 13.3 Å². The summed E-state index contributed by atoms with van der Waals surface area (Å²) >= 11 is 5.86. The van der Waals surface area contributed by atoms with Gasteiger partial charge in [-0.2, -0.15) is 4.98 Å². The summed E-state index contributed by atoms with van der Waals surface area (Å²) in [5.74, 6) is 2.63. The summed E-state index contributed by atoms with van der Waals surface area (Å²) in [4.78, 5) is 7.93. The van der Waals surface area contributed by atoms with E-state index in [4.69, 9.17) is 26.8 Å². The summed E-state index contributed by atoms with van der Waals surface area (Å²) in [6.07, 6.45) is 0.891. The highest BCUT2D eigenvalue weighted by Crippen LogP contribution is 2.28. The summed E-state index contributed by atoms with van der Waals surface area (Å²) in [5.41, 5.74) is 6.75. The molecule has 1 unspecified atom stereocenters. The van der Waals surface area contributed by atoms with Crippen molar-refractivity contribution < 1.29 is 9.47 Å². The Hall–Kier alpha value is -2.21. The number of benzene rings is 1. The number of methoxy groups -OCH3 is 2. The van der Waals surface area contributed by atoms with Crippen LogP contribution >= 0.6 is 11.6 Å². The molecule has 0 fully saturated rings. The third-order valence-corrected chi connectivity index (χ3v) is 3.57. The maximum Gasteiger partial charge on any atom is 0.223 e. The molecular weight excluding hydrogens is 316 g/mol. The highest BCUT2D eigenvalue weighted by atomic mass is 35.5. The lowest BCUT2D eigenvalue weighted by Gasteiger charge is -2.15. The van der Waals surface area contributed by atoms with Gasteiger partial charge in [0.05, 0.1) is 14.2 Å². The fraction of sp³-hybridized carbons (Fsp3) is 0.375. The number of nitrogens with one attached hydrogen (secondary N) is 1. The number of nitrogens with zero attached hydrogens (tertiary/aromatic N) is 2. The van der Waals surface area contributed by atoms with Crippen LogP contribution < -0.4 is 20.5 Å². The van der Waals surface area contributed by atoms with Gasteiger partial charge in [-0.05, 0) is 30.0 Å². The van der Waals surface area contributed by atoms with Crippen LogP contribution in [0, 0.1) is 5.92 Å². The van der Waals surface area contributed by atoms with Gasteiger partial charge in [-0.3, -0.25) is 0 Å². The standard InChI is InChI=1S/C16H21ClN4O2/c1-10(9-19-15-8-14(17)20-16(18)21-15)6-11-4-5-12(22-2)13(7-11)23-3/h4-5,7-8,10H,6,9H2,1-3H3,(H3,18,19,20,21). The molecule has 0 aliphatic carbocycles. The van der Waals surface area contributed by atoms with Gasteiger partial charge >= 0.3 is 0 Å². The third kappa shape index (κ3) is 4.89. The number of nitrogen functional groups attached to an aromatic ring is 1. The molecule has 1 aromatic heterocycles. The molecule has 3 N–H and O–H groups in total. The Labute approximate surface area is 141 Å².